The number of rotatable bonds is 5. The molecule has 0 N–H and O–H groups in total. The van der Waals surface area contributed by atoms with Gasteiger partial charge in [0.25, 0.3) is 0 Å². The summed E-state index contributed by atoms with van der Waals surface area (Å²) in [5, 5.41) is 0. The third kappa shape index (κ3) is 2.61. The minimum absolute atomic E-state index is 0.169. The predicted octanol–water partition coefficient (Wildman–Crippen LogP) is 3.92. The molecule has 0 spiro atoms. The highest BCUT2D eigenvalue weighted by atomic mass is 16.7. The molecule has 0 heterocycles. The summed E-state index contributed by atoms with van der Waals surface area (Å²) < 4.78 is 15.9. The number of ether oxygens (including phenoxy) is 3. The molecule has 4 nitrogen and oxygen atoms in total. The van der Waals surface area contributed by atoms with Crippen LogP contribution in [0.25, 0.3) is 0 Å². The van der Waals surface area contributed by atoms with Crippen LogP contribution in [-0.2, 0) is 14.9 Å². The molecule has 4 aliphatic rings. The molecule has 0 aliphatic heterocycles. The molecular formula is C20H26O4. The smallest absolute Gasteiger partial charge is 0.337 e. The largest absolute Gasteiger partial charge is 0.467 e. The van der Waals surface area contributed by atoms with Gasteiger partial charge in [-0.05, 0) is 79.9 Å². The first-order valence-electron chi connectivity index (χ1n) is 8.98. The van der Waals surface area contributed by atoms with Crippen molar-refractivity contribution in [3.63, 3.8) is 0 Å². The van der Waals surface area contributed by atoms with Gasteiger partial charge in [-0.1, -0.05) is 0 Å². The summed E-state index contributed by atoms with van der Waals surface area (Å²) in [6.07, 6.45) is 7.87. The number of carbonyl (C=O) groups excluding carboxylic acids is 1. The second-order valence-corrected chi connectivity index (χ2v) is 7.95. The maximum absolute atomic E-state index is 12.0. The summed E-state index contributed by atoms with van der Waals surface area (Å²) in [5.41, 5.74) is 1.98. The van der Waals surface area contributed by atoms with E-state index in [9.17, 15) is 4.79 Å². The van der Waals surface area contributed by atoms with Crippen molar-refractivity contribution in [2.24, 2.45) is 17.8 Å². The summed E-state index contributed by atoms with van der Waals surface area (Å²) in [5.74, 6) is 3.11. The first-order valence-corrected chi connectivity index (χ1v) is 8.98. The third-order valence-electron chi connectivity index (χ3n) is 6.34. The molecule has 5 rings (SSSR count). The Bertz CT molecular complexity index is 601. The first kappa shape index (κ1) is 15.9. The van der Waals surface area contributed by atoms with Gasteiger partial charge in [0.15, 0.2) is 6.79 Å². The summed E-state index contributed by atoms with van der Waals surface area (Å²) in [7, 11) is 3.06. The minimum Gasteiger partial charge on any atom is -0.467 e. The van der Waals surface area contributed by atoms with Crippen molar-refractivity contribution in [1.29, 1.82) is 0 Å². The van der Waals surface area contributed by atoms with E-state index in [1.807, 2.05) is 12.1 Å². The van der Waals surface area contributed by atoms with Crippen LogP contribution in [-0.4, -0.2) is 27.0 Å². The van der Waals surface area contributed by atoms with Gasteiger partial charge in [-0.25, -0.2) is 4.79 Å². The molecule has 0 unspecified atom stereocenters. The molecule has 130 valence electrons. The molecule has 0 saturated heterocycles. The van der Waals surface area contributed by atoms with Gasteiger partial charge in [0.05, 0.1) is 12.7 Å². The quantitative estimate of drug-likeness (QED) is 0.606. The molecule has 4 fully saturated rings. The van der Waals surface area contributed by atoms with Crippen molar-refractivity contribution >= 4 is 5.97 Å². The van der Waals surface area contributed by atoms with E-state index >= 15 is 0 Å². The minimum atomic E-state index is -0.278. The number of carbonyl (C=O) groups is 1. The predicted molar refractivity (Wildman–Crippen MR) is 90.1 cm³/mol. The Labute approximate surface area is 143 Å². The summed E-state index contributed by atoms with van der Waals surface area (Å²) in [6.45, 7) is 0.233. The molecule has 0 atom stereocenters. The molecule has 4 saturated carbocycles. The van der Waals surface area contributed by atoms with Crippen LogP contribution in [0.3, 0.4) is 0 Å². The molecule has 4 aliphatic carbocycles. The lowest BCUT2D eigenvalue weighted by atomic mass is 9.48. The Kier molecular flexibility index (Phi) is 4.03. The molecule has 24 heavy (non-hydrogen) atoms. The maximum atomic E-state index is 12.0. The number of hydrogen-bond acceptors (Lipinski definition) is 4. The molecule has 4 bridgehead atoms. The van der Waals surface area contributed by atoms with E-state index in [-0.39, 0.29) is 18.2 Å². The van der Waals surface area contributed by atoms with Crippen molar-refractivity contribution in [1.82, 2.24) is 0 Å². The van der Waals surface area contributed by atoms with E-state index in [2.05, 4.69) is 0 Å². The Balaban J connectivity index is 1.75. The second kappa shape index (κ2) is 6.07. The number of esters is 1. The Morgan fingerprint density at radius 1 is 1.08 bits per heavy atom. The molecule has 0 amide bonds. The Morgan fingerprint density at radius 2 is 1.71 bits per heavy atom. The van der Waals surface area contributed by atoms with Gasteiger partial charge in [0.2, 0.25) is 0 Å². The van der Waals surface area contributed by atoms with Crippen molar-refractivity contribution in [2.75, 3.05) is 21.0 Å². The topological polar surface area (TPSA) is 44.8 Å². The van der Waals surface area contributed by atoms with Crippen LogP contribution in [0, 0.1) is 17.8 Å². The zero-order valence-corrected chi connectivity index (χ0v) is 14.5. The molecule has 1 aromatic carbocycles. The van der Waals surface area contributed by atoms with Gasteiger partial charge in [0.1, 0.15) is 5.75 Å². The third-order valence-corrected chi connectivity index (χ3v) is 6.34. The summed E-state index contributed by atoms with van der Waals surface area (Å²) >= 11 is 0. The fourth-order valence-corrected chi connectivity index (χ4v) is 5.88. The van der Waals surface area contributed by atoms with E-state index in [0.717, 1.165) is 23.5 Å². The Hall–Kier alpha value is -1.55. The van der Waals surface area contributed by atoms with E-state index in [4.69, 9.17) is 14.2 Å². The lowest BCUT2D eigenvalue weighted by molar-refractivity contribution is -0.00886. The zero-order chi connectivity index (χ0) is 16.7. The standard InChI is InChI=1S/C20H26O4/c1-22-12-24-18-4-3-16(19(21)23-2)8-17(18)20-9-13-5-14(10-20)7-15(6-13)11-20/h3-4,8,13-15H,5-7,9-12H2,1-2H3. The number of hydrogen-bond donors (Lipinski definition) is 0. The Morgan fingerprint density at radius 3 is 2.25 bits per heavy atom. The van der Waals surface area contributed by atoms with Crippen LogP contribution in [0.5, 0.6) is 5.75 Å². The van der Waals surface area contributed by atoms with E-state index in [1.165, 1.54) is 51.2 Å². The fourth-order valence-electron chi connectivity index (χ4n) is 5.88. The van der Waals surface area contributed by atoms with E-state index in [1.54, 1.807) is 13.2 Å². The van der Waals surface area contributed by atoms with Gasteiger partial charge in [-0.3, -0.25) is 0 Å². The van der Waals surface area contributed by atoms with E-state index < -0.39 is 0 Å². The van der Waals surface area contributed by atoms with Gasteiger partial charge >= 0.3 is 5.97 Å². The van der Waals surface area contributed by atoms with Crippen LogP contribution < -0.4 is 4.74 Å². The van der Waals surface area contributed by atoms with Crippen molar-refractivity contribution in [3.05, 3.63) is 29.3 Å². The average molecular weight is 330 g/mol. The number of benzene rings is 1. The van der Waals surface area contributed by atoms with E-state index in [0.29, 0.717) is 5.56 Å². The highest BCUT2D eigenvalue weighted by molar-refractivity contribution is 5.89. The molecular weight excluding hydrogens is 304 g/mol. The van der Waals surface area contributed by atoms with Gasteiger partial charge in [0, 0.05) is 12.7 Å². The van der Waals surface area contributed by atoms with Crippen molar-refractivity contribution < 1.29 is 19.0 Å². The van der Waals surface area contributed by atoms with Crippen molar-refractivity contribution in [2.45, 2.75) is 43.9 Å². The van der Waals surface area contributed by atoms with Crippen molar-refractivity contribution in [3.8, 4) is 5.75 Å². The van der Waals surface area contributed by atoms with Crippen LogP contribution >= 0.6 is 0 Å². The van der Waals surface area contributed by atoms with Gasteiger partial charge in [-0.2, -0.15) is 0 Å². The zero-order valence-electron chi connectivity index (χ0n) is 14.5. The lowest BCUT2D eigenvalue weighted by Gasteiger charge is -2.57. The van der Waals surface area contributed by atoms with Gasteiger partial charge < -0.3 is 14.2 Å². The van der Waals surface area contributed by atoms with Crippen LogP contribution in [0.1, 0.15) is 54.4 Å². The molecule has 0 radical (unpaired) electrons. The second-order valence-electron chi connectivity index (χ2n) is 7.95. The normalized spacial score (nSPS) is 33.5. The van der Waals surface area contributed by atoms with Crippen LogP contribution in [0.4, 0.5) is 0 Å². The summed E-state index contributed by atoms with van der Waals surface area (Å²) in [6, 6.07) is 5.73. The first-order chi connectivity index (χ1) is 11.6. The summed E-state index contributed by atoms with van der Waals surface area (Å²) in [4.78, 5) is 12.0. The maximum Gasteiger partial charge on any atom is 0.337 e. The molecule has 1 aromatic rings. The lowest BCUT2D eigenvalue weighted by Crippen LogP contribution is -2.48. The average Bonchev–Trinajstić information content (AvgIpc) is 2.58. The van der Waals surface area contributed by atoms with Gasteiger partial charge in [-0.15, -0.1) is 0 Å². The number of methoxy groups -OCH3 is 2. The fraction of sp³-hybridized carbons (Fsp3) is 0.650. The SMILES string of the molecule is COCOc1ccc(C(=O)OC)cc1C12CC3CC(CC(C3)C1)C2. The monoisotopic (exact) mass is 330 g/mol. The molecule has 0 aromatic heterocycles. The highest BCUT2D eigenvalue weighted by Gasteiger charge is 2.52. The molecule has 4 heteroatoms. The van der Waals surface area contributed by atoms with Crippen LogP contribution in [0.15, 0.2) is 18.2 Å². The van der Waals surface area contributed by atoms with Crippen LogP contribution in [0.2, 0.25) is 0 Å². The highest BCUT2D eigenvalue weighted by Crippen LogP contribution is 2.61.